The van der Waals surface area contributed by atoms with E-state index in [2.05, 4.69) is 15.9 Å². The van der Waals surface area contributed by atoms with Gasteiger partial charge in [0.05, 0.1) is 30.5 Å². The molecule has 0 radical (unpaired) electrons. The number of para-hydroxylation sites is 1. The van der Waals surface area contributed by atoms with Crippen molar-refractivity contribution in [3.63, 3.8) is 0 Å². The molecule has 2 aromatic carbocycles. The molecule has 1 N–H and O–H groups in total. The molecule has 1 aliphatic heterocycles. The molecule has 29 heavy (non-hydrogen) atoms. The molecule has 2 atom stereocenters. The maximum atomic E-state index is 11.9. The molecule has 2 heterocycles. The van der Waals surface area contributed by atoms with E-state index in [1.54, 1.807) is 25.6 Å². The van der Waals surface area contributed by atoms with Crippen LogP contribution in [0.15, 0.2) is 40.9 Å². The highest BCUT2D eigenvalue weighted by Gasteiger charge is 2.39. The number of aliphatic carboxylic acids is 1. The number of halogens is 1. The number of aromatic nitrogens is 1. The van der Waals surface area contributed by atoms with E-state index in [-0.39, 0.29) is 6.04 Å². The first kappa shape index (κ1) is 20.1. The van der Waals surface area contributed by atoms with Crippen molar-refractivity contribution in [2.75, 3.05) is 20.8 Å². The van der Waals surface area contributed by atoms with Crippen LogP contribution in [0.5, 0.6) is 11.5 Å². The standard InChI is InChI=1S/C21H21BrN2O4S/c1-27-16-10-12(13(22)11-17(16)28-2)19(24-9-5-7-15(24)21(25)26)20-23-14-6-3-4-8-18(14)29-20/h3-4,6,8,10-11,15,19H,5,7,9H2,1-2H3,(H,25,26). The van der Waals surface area contributed by atoms with Gasteiger partial charge in [0.25, 0.3) is 0 Å². The van der Waals surface area contributed by atoms with Crippen LogP contribution in [0.4, 0.5) is 0 Å². The van der Waals surface area contributed by atoms with Crippen LogP contribution in [0.1, 0.15) is 29.5 Å². The van der Waals surface area contributed by atoms with Gasteiger partial charge in [-0.05, 0) is 42.7 Å². The van der Waals surface area contributed by atoms with Crippen LogP contribution >= 0.6 is 27.3 Å². The van der Waals surface area contributed by atoms with Crippen LogP contribution in [-0.2, 0) is 4.79 Å². The Morgan fingerprint density at radius 3 is 2.69 bits per heavy atom. The van der Waals surface area contributed by atoms with E-state index in [1.165, 1.54) is 0 Å². The second-order valence-electron chi connectivity index (χ2n) is 6.89. The first-order valence-electron chi connectivity index (χ1n) is 9.29. The number of hydrogen-bond acceptors (Lipinski definition) is 6. The maximum Gasteiger partial charge on any atom is 0.320 e. The van der Waals surface area contributed by atoms with Gasteiger partial charge in [0.1, 0.15) is 11.0 Å². The van der Waals surface area contributed by atoms with E-state index in [9.17, 15) is 9.90 Å². The van der Waals surface area contributed by atoms with Crippen molar-refractivity contribution in [2.45, 2.75) is 24.9 Å². The highest BCUT2D eigenvalue weighted by atomic mass is 79.9. The van der Waals surface area contributed by atoms with Gasteiger partial charge in [-0.25, -0.2) is 4.98 Å². The largest absolute Gasteiger partial charge is 0.493 e. The first-order valence-corrected chi connectivity index (χ1v) is 10.9. The summed E-state index contributed by atoms with van der Waals surface area (Å²) in [4.78, 5) is 18.8. The van der Waals surface area contributed by atoms with E-state index in [0.717, 1.165) is 31.7 Å². The van der Waals surface area contributed by atoms with Crippen LogP contribution in [0.2, 0.25) is 0 Å². The molecule has 3 aromatic rings. The second kappa shape index (κ2) is 8.30. The van der Waals surface area contributed by atoms with Crippen molar-refractivity contribution < 1.29 is 19.4 Å². The van der Waals surface area contributed by atoms with Crippen LogP contribution < -0.4 is 9.47 Å². The van der Waals surface area contributed by atoms with Crippen LogP contribution in [0.25, 0.3) is 10.2 Å². The Labute approximate surface area is 181 Å². The van der Waals surface area contributed by atoms with E-state index >= 15 is 0 Å². The molecule has 0 spiro atoms. The van der Waals surface area contributed by atoms with Gasteiger partial charge < -0.3 is 14.6 Å². The molecular formula is C21H21BrN2O4S. The molecule has 0 saturated carbocycles. The molecule has 0 aliphatic carbocycles. The summed E-state index contributed by atoms with van der Waals surface area (Å²) < 4.78 is 12.8. The number of methoxy groups -OCH3 is 2. The summed E-state index contributed by atoms with van der Waals surface area (Å²) in [5, 5.41) is 10.7. The molecule has 152 valence electrons. The highest BCUT2D eigenvalue weighted by molar-refractivity contribution is 9.10. The predicted molar refractivity (Wildman–Crippen MR) is 116 cm³/mol. The molecule has 8 heteroatoms. The lowest BCUT2D eigenvalue weighted by atomic mass is 10.0. The van der Waals surface area contributed by atoms with Gasteiger partial charge in [-0.1, -0.05) is 28.1 Å². The second-order valence-corrected chi connectivity index (χ2v) is 8.80. The third kappa shape index (κ3) is 3.72. The molecule has 2 unspecified atom stereocenters. The fraction of sp³-hybridized carbons (Fsp3) is 0.333. The van der Waals surface area contributed by atoms with E-state index in [0.29, 0.717) is 24.5 Å². The van der Waals surface area contributed by atoms with Crippen LogP contribution in [0.3, 0.4) is 0 Å². The summed E-state index contributed by atoms with van der Waals surface area (Å²) >= 11 is 5.26. The smallest absolute Gasteiger partial charge is 0.320 e. The lowest BCUT2D eigenvalue weighted by molar-refractivity contribution is -0.142. The molecule has 0 amide bonds. The first-order chi connectivity index (χ1) is 14.0. The lowest BCUT2D eigenvalue weighted by Gasteiger charge is -2.31. The minimum atomic E-state index is -0.801. The molecule has 4 rings (SSSR count). The van der Waals surface area contributed by atoms with Crippen molar-refractivity contribution in [3.05, 3.63) is 51.4 Å². The van der Waals surface area contributed by atoms with Gasteiger partial charge >= 0.3 is 5.97 Å². The molecule has 1 aliphatic rings. The van der Waals surface area contributed by atoms with Gasteiger partial charge in [-0.3, -0.25) is 9.69 Å². The third-order valence-electron chi connectivity index (χ3n) is 5.25. The Hall–Kier alpha value is -2.16. The maximum absolute atomic E-state index is 11.9. The van der Waals surface area contributed by atoms with Crippen molar-refractivity contribution in [2.24, 2.45) is 0 Å². The summed E-state index contributed by atoms with van der Waals surface area (Å²) in [7, 11) is 3.19. The number of carboxylic acids is 1. The molecule has 1 fully saturated rings. The normalized spacial score (nSPS) is 18.1. The summed E-state index contributed by atoms with van der Waals surface area (Å²) in [6, 6.07) is 10.9. The average Bonchev–Trinajstić information content (AvgIpc) is 3.36. The van der Waals surface area contributed by atoms with Crippen molar-refractivity contribution >= 4 is 43.5 Å². The fourth-order valence-electron chi connectivity index (χ4n) is 3.90. The zero-order valence-electron chi connectivity index (χ0n) is 16.1. The van der Waals surface area contributed by atoms with Crippen molar-refractivity contribution in [1.82, 2.24) is 9.88 Å². The lowest BCUT2D eigenvalue weighted by Crippen LogP contribution is -2.39. The Balaban J connectivity index is 1.90. The number of benzene rings is 2. The zero-order valence-corrected chi connectivity index (χ0v) is 18.5. The Bertz CT molecular complexity index is 1020. The molecule has 1 saturated heterocycles. The number of thiazole rings is 1. The van der Waals surface area contributed by atoms with Gasteiger partial charge in [0, 0.05) is 11.0 Å². The van der Waals surface area contributed by atoms with E-state index in [1.807, 2.05) is 41.3 Å². The zero-order chi connectivity index (χ0) is 20.5. The minimum absolute atomic E-state index is 0.301. The molecular weight excluding hydrogens is 456 g/mol. The Morgan fingerprint density at radius 2 is 2.00 bits per heavy atom. The molecule has 0 bridgehead atoms. The van der Waals surface area contributed by atoms with Crippen LogP contribution in [0, 0.1) is 0 Å². The van der Waals surface area contributed by atoms with Crippen molar-refractivity contribution in [3.8, 4) is 11.5 Å². The number of ether oxygens (including phenoxy) is 2. The topological polar surface area (TPSA) is 71.9 Å². The number of rotatable bonds is 6. The predicted octanol–water partition coefficient (Wildman–Crippen LogP) is 4.71. The average molecular weight is 477 g/mol. The van der Waals surface area contributed by atoms with E-state index < -0.39 is 12.0 Å². The Kier molecular flexibility index (Phi) is 5.76. The summed E-state index contributed by atoms with van der Waals surface area (Å²) in [5.74, 6) is 0.412. The van der Waals surface area contributed by atoms with E-state index in [4.69, 9.17) is 14.5 Å². The highest BCUT2D eigenvalue weighted by Crippen LogP contribution is 2.44. The number of carboxylic acid groups (broad SMARTS) is 1. The van der Waals surface area contributed by atoms with Gasteiger partial charge in [-0.2, -0.15) is 0 Å². The monoisotopic (exact) mass is 476 g/mol. The van der Waals surface area contributed by atoms with Crippen LogP contribution in [-0.4, -0.2) is 47.8 Å². The van der Waals surface area contributed by atoms with Gasteiger partial charge in [-0.15, -0.1) is 11.3 Å². The summed E-state index contributed by atoms with van der Waals surface area (Å²) in [6.07, 6.45) is 1.46. The Morgan fingerprint density at radius 1 is 1.28 bits per heavy atom. The number of hydrogen-bond donors (Lipinski definition) is 1. The van der Waals surface area contributed by atoms with Crippen molar-refractivity contribution in [1.29, 1.82) is 0 Å². The molecule has 1 aromatic heterocycles. The number of carbonyl (C=O) groups is 1. The van der Waals surface area contributed by atoms with Gasteiger partial charge in [0.2, 0.25) is 0 Å². The summed E-state index contributed by atoms with van der Waals surface area (Å²) in [5.41, 5.74) is 1.83. The fourth-order valence-corrected chi connectivity index (χ4v) is 5.55. The third-order valence-corrected chi connectivity index (χ3v) is 7.03. The number of fused-ring (bicyclic) bond motifs is 1. The molecule has 6 nitrogen and oxygen atoms in total. The van der Waals surface area contributed by atoms with Gasteiger partial charge in [0.15, 0.2) is 11.5 Å². The number of likely N-dealkylation sites (tertiary alicyclic amines) is 1. The minimum Gasteiger partial charge on any atom is -0.493 e. The SMILES string of the molecule is COc1cc(Br)c(C(c2nc3ccccc3s2)N2CCCC2C(=O)O)cc1OC. The number of nitrogens with zero attached hydrogens (tertiary/aromatic N) is 2. The quantitative estimate of drug-likeness (QED) is 0.555. The summed E-state index contributed by atoms with van der Waals surface area (Å²) in [6.45, 7) is 0.693.